The van der Waals surface area contributed by atoms with E-state index < -0.39 is 10.8 Å². The van der Waals surface area contributed by atoms with E-state index in [9.17, 15) is 14.9 Å². The summed E-state index contributed by atoms with van der Waals surface area (Å²) in [7, 11) is 1.76. The zero-order valence-corrected chi connectivity index (χ0v) is 11.7. The van der Waals surface area contributed by atoms with Crippen LogP contribution in [0.5, 0.6) is 0 Å². The van der Waals surface area contributed by atoms with E-state index in [0.717, 1.165) is 5.69 Å². The number of hydrogen-bond acceptors (Lipinski definition) is 5. The van der Waals surface area contributed by atoms with E-state index >= 15 is 0 Å². The fourth-order valence-corrected chi connectivity index (χ4v) is 1.99. The van der Waals surface area contributed by atoms with Crippen molar-refractivity contribution in [3.8, 4) is 0 Å². The summed E-state index contributed by atoms with van der Waals surface area (Å²) >= 11 is 0. The van der Waals surface area contributed by atoms with Gasteiger partial charge < -0.3 is 11.1 Å². The van der Waals surface area contributed by atoms with Crippen molar-refractivity contribution in [3.63, 3.8) is 0 Å². The van der Waals surface area contributed by atoms with Gasteiger partial charge in [0.1, 0.15) is 5.69 Å². The minimum absolute atomic E-state index is 0.133. The third kappa shape index (κ3) is 2.99. The topological polar surface area (TPSA) is 116 Å². The molecule has 2 rings (SSSR count). The maximum absolute atomic E-state index is 11.2. The molecule has 3 N–H and O–H groups in total. The minimum Gasteiger partial charge on any atom is -0.366 e. The number of nitrogens with one attached hydrogen (secondary N) is 1. The fourth-order valence-electron chi connectivity index (χ4n) is 1.99. The predicted octanol–water partition coefficient (Wildman–Crippen LogP) is 1.73. The van der Waals surface area contributed by atoms with E-state index in [-0.39, 0.29) is 16.9 Å². The highest BCUT2D eigenvalue weighted by Crippen LogP contribution is 2.29. The zero-order valence-electron chi connectivity index (χ0n) is 11.7. The van der Waals surface area contributed by atoms with Crippen LogP contribution in [0.15, 0.2) is 24.4 Å². The Kier molecular flexibility index (Phi) is 3.88. The number of nitrogens with zero attached hydrogens (tertiary/aromatic N) is 3. The Hall–Kier alpha value is -2.90. The molecule has 0 aliphatic carbocycles. The van der Waals surface area contributed by atoms with E-state index in [2.05, 4.69) is 10.4 Å². The van der Waals surface area contributed by atoms with Crippen LogP contribution in [-0.2, 0) is 13.5 Å². The van der Waals surface area contributed by atoms with Crippen molar-refractivity contribution in [2.24, 2.45) is 12.8 Å². The molecule has 0 atom stereocenters. The van der Waals surface area contributed by atoms with Gasteiger partial charge in [-0.1, -0.05) is 6.92 Å². The van der Waals surface area contributed by atoms with E-state index in [1.165, 1.54) is 18.2 Å². The van der Waals surface area contributed by atoms with Gasteiger partial charge in [0, 0.05) is 24.9 Å². The Balaban J connectivity index is 2.47. The van der Waals surface area contributed by atoms with Crippen molar-refractivity contribution in [2.75, 3.05) is 5.32 Å². The largest absolute Gasteiger partial charge is 0.366 e. The van der Waals surface area contributed by atoms with Gasteiger partial charge in [-0.15, -0.1) is 0 Å². The lowest BCUT2D eigenvalue weighted by molar-refractivity contribution is -0.383. The monoisotopic (exact) mass is 289 g/mol. The minimum atomic E-state index is -0.644. The molecule has 1 heterocycles. The molecule has 110 valence electrons. The van der Waals surface area contributed by atoms with Gasteiger partial charge in [0.2, 0.25) is 5.91 Å². The SMILES string of the molecule is CCc1nn(C)cc1Nc1cc(C(N)=O)ccc1[N+](=O)[O-]. The molecule has 1 aromatic carbocycles. The Morgan fingerprint density at radius 2 is 2.19 bits per heavy atom. The Bertz CT molecular complexity index is 708. The number of benzene rings is 1. The summed E-state index contributed by atoms with van der Waals surface area (Å²) in [5, 5.41) is 18.3. The van der Waals surface area contributed by atoms with Crippen LogP contribution in [0.25, 0.3) is 0 Å². The van der Waals surface area contributed by atoms with Gasteiger partial charge in [0.25, 0.3) is 5.69 Å². The zero-order chi connectivity index (χ0) is 15.6. The highest BCUT2D eigenvalue weighted by atomic mass is 16.6. The van der Waals surface area contributed by atoms with Crippen molar-refractivity contribution < 1.29 is 9.72 Å². The number of carbonyl (C=O) groups is 1. The van der Waals surface area contributed by atoms with Crippen LogP contribution in [0.2, 0.25) is 0 Å². The first-order valence-electron chi connectivity index (χ1n) is 6.30. The van der Waals surface area contributed by atoms with Gasteiger partial charge in [0.05, 0.1) is 16.3 Å². The number of nitrogens with two attached hydrogens (primary N) is 1. The molecule has 0 bridgehead atoms. The summed E-state index contributed by atoms with van der Waals surface area (Å²) in [6.45, 7) is 1.93. The van der Waals surface area contributed by atoms with Gasteiger partial charge in [-0.2, -0.15) is 5.10 Å². The van der Waals surface area contributed by atoms with E-state index in [0.29, 0.717) is 12.1 Å². The van der Waals surface area contributed by atoms with Gasteiger partial charge in [-0.05, 0) is 18.6 Å². The molecule has 0 fully saturated rings. The average molecular weight is 289 g/mol. The summed E-state index contributed by atoms with van der Waals surface area (Å²) < 4.78 is 1.62. The maximum atomic E-state index is 11.2. The molecule has 0 aliphatic heterocycles. The van der Waals surface area contributed by atoms with Gasteiger partial charge in [0.15, 0.2) is 0 Å². The number of amides is 1. The van der Waals surface area contributed by atoms with Gasteiger partial charge >= 0.3 is 0 Å². The summed E-state index contributed by atoms with van der Waals surface area (Å²) in [5.74, 6) is -0.644. The van der Waals surface area contributed by atoms with Crippen molar-refractivity contribution >= 4 is 23.0 Å². The Morgan fingerprint density at radius 3 is 2.76 bits per heavy atom. The molecule has 0 radical (unpaired) electrons. The van der Waals surface area contributed by atoms with Crippen molar-refractivity contribution in [1.82, 2.24) is 9.78 Å². The molecule has 0 aliphatic rings. The van der Waals surface area contributed by atoms with Crippen LogP contribution in [0.1, 0.15) is 23.0 Å². The van der Waals surface area contributed by atoms with Crippen molar-refractivity contribution in [2.45, 2.75) is 13.3 Å². The first kappa shape index (κ1) is 14.5. The van der Waals surface area contributed by atoms with Crippen LogP contribution in [0.4, 0.5) is 17.1 Å². The summed E-state index contributed by atoms with van der Waals surface area (Å²) in [4.78, 5) is 21.8. The number of hydrogen-bond donors (Lipinski definition) is 2. The van der Waals surface area contributed by atoms with E-state index in [4.69, 9.17) is 5.73 Å². The van der Waals surface area contributed by atoms with Gasteiger partial charge in [-0.25, -0.2) is 0 Å². The average Bonchev–Trinajstić information content (AvgIpc) is 2.78. The molecular weight excluding hydrogens is 274 g/mol. The molecule has 2 aromatic rings. The third-order valence-corrected chi connectivity index (χ3v) is 2.99. The number of nitro groups is 1. The second-order valence-corrected chi connectivity index (χ2v) is 4.49. The van der Waals surface area contributed by atoms with Crippen LogP contribution in [0, 0.1) is 10.1 Å². The Labute approximate surface area is 120 Å². The normalized spacial score (nSPS) is 10.4. The number of primary amides is 1. The molecular formula is C13H15N5O3. The first-order chi connectivity index (χ1) is 9.92. The maximum Gasteiger partial charge on any atom is 0.292 e. The lowest BCUT2D eigenvalue weighted by atomic mass is 10.1. The summed E-state index contributed by atoms with van der Waals surface area (Å²) in [6, 6.07) is 3.95. The highest BCUT2D eigenvalue weighted by Gasteiger charge is 2.17. The highest BCUT2D eigenvalue weighted by molar-refractivity contribution is 5.95. The number of rotatable bonds is 5. The molecule has 0 spiro atoms. The summed E-state index contributed by atoms with van der Waals surface area (Å²) in [5.41, 5.74) is 6.91. The predicted molar refractivity (Wildman–Crippen MR) is 77.5 cm³/mol. The second kappa shape index (κ2) is 5.61. The molecule has 8 heteroatoms. The smallest absolute Gasteiger partial charge is 0.292 e. The lowest BCUT2D eigenvalue weighted by Crippen LogP contribution is -2.11. The standard InChI is InChI=1S/C13H15N5O3/c1-3-9-11(7-17(2)16-9)15-10-6-8(13(14)19)4-5-12(10)18(20)21/h4-7,15H,3H2,1-2H3,(H2,14,19). The number of anilines is 2. The quantitative estimate of drug-likeness (QED) is 0.642. The number of aromatic nitrogens is 2. The molecule has 1 amide bonds. The van der Waals surface area contributed by atoms with E-state index in [1.807, 2.05) is 6.92 Å². The first-order valence-corrected chi connectivity index (χ1v) is 6.30. The lowest BCUT2D eigenvalue weighted by Gasteiger charge is -2.07. The van der Waals surface area contributed by atoms with Crippen molar-refractivity contribution in [1.29, 1.82) is 0 Å². The van der Waals surface area contributed by atoms with Crippen LogP contribution < -0.4 is 11.1 Å². The number of aryl methyl sites for hydroxylation is 2. The third-order valence-electron chi connectivity index (χ3n) is 2.99. The number of carbonyl (C=O) groups excluding carboxylic acids is 1. The molecule has 1 aromatic heterocycles. The summed E-state index contributed by atoms with van der Waals surface area (Å²) in [6.07, 6.45) is 2.39. The molecule has 21 heavy (non-hydrogen) atoms. The molecule has 0 saturated carbocycles. The van der Waals surface area contributed by atoms with Gasteiger partial charge in [-0.3, -0.25) is 19.6 Å². The van der Waals surface area contributed by atoms with Crippen LogP contribution in [-0.4, -0.2) is 20.6 Å². The van der Waals surface area contributed by atoms with E-state index in [1.54, 1.807) is 17.9 Å². The molecule has 0 unspecified atom stereocenters. The Morgan fingerprint density at radius 1 is 1.48 bits per heavy atom. The molecule has 0 saturated heterocycles. The van der Waals surface area contributed by atoms with Crippen LogP contribution in [0.3, 0.4) is 0 Å². The van der Waals surface area contributed by atoms with Crippen LogP contribution >= 0.6 is 0 Å². The van der Waals surface area contributed by atoms with Crippen molar-refractivity contribution in [3.05, 3.63) is 45.8 Å². The molecule has 8 nitrogen and oxygen atoms in total. The fraction of sp³-hybridized carbons (Fsp3) is 0.231. The second-order valence-electron chi connectivity index (χ2n) is 4.49. The number of nitro benzene ring substituents is 1.